The zero-order valence-corrected chi connectivity index (χ0v) is 26.8. The van der Waals surface area contributed by atoms with Crippen molar-refractivity contribution in [2.75, 3.05) is 0 Å². The minimum absolute atomic E-state index is 0.168. The van der Waals surface area contributed by atoms with Crippen molar-refractivity contribution in [3.05, 3.63) is 77.4 Å². The average Bonchev–Trinajstić information content (AvgIpc) is 3.44. The number of nitrogens with two attached hydrogens (primary N) is 2. The Bertz CT molecular complexity index is 1380. The van der Waals surface area contributed by atoms with Crippen molar-refractivity contribution >= 4 is 29.6 Å². The lowest BCUT2D eigenvalue weighted by molar-refractivity contribution is -0.145. The summed E-state index contributed by atoms with van der Waals surface area (Å²) in [4.78, 5) is 55.4. The molecular formula is C36H49N5O4. The van der Waals surface area contributed by atoms with E-state index in [-0.39, 0.29) is 49.1 Å². The lowest BCUT2D eigenvalue weighted by Crippen LogP contribution is -2.62. The van der Waals surface area contributed by atoms with Crippen molar-refractivity contribution in [2.24, 2.45) is 16.9 Å². The maximum Gasteiger partial charge on any atom is 0.246 e. The number of nitrogens with one attached hydrogen (secondary N) is 3. The maximum atomic E-state index is 14.6. The first-order chi connectivity index (χ1) is 21.5. The molecule has 7 N–H and O–H groups in total. The van der Waals surface area contributed by atoms with Crippen LogP contribution in [-0.2, 0) is 25.6 Å². The number of rotatable bonds is 12. The molecule has 0 aromatic heterocycles. The molecule has 4 rings (SSSR count). The highest BCUT2D eigenvalue weighted by Gasteiger charge is 2.53. The quantitative estimate of drug-likeness (QED) is 0.182. The van der Waals surface area contributed by atoms with Crippen LogP contribution in [0.25, 0.3) is 6.08 Å². The number of hydrogen-bond acceptors (Lipinski definition) is 6. The van der Waals surface area contributed by atoms with E-state index in [2.05, 4.69) is 16.0 Å². The molecule has 9 nitrogen and oxygen atoms in total. The second-order valence-corrected chi connectivity index (χ2v) is 13.1. The smallest absolute Gasteiger partial charge is 0.246 e. The topological polar surface area (TPSA) is 156 Å². The molecule has 2 aromatic rings. The number of carbonyl (C=O) groups is 4. The van der Waals surface area contributed by atoms with E-state index in [9.17, 15) is 19.2 Å². The average molecular weight is 616 g/mol. The predicted octanol–water partition coefficient (Wildman–Crippen LogP) is 3.47. The molecule has 2 fully saturated rings. The van der Waals surface area contributed by atoms with E-state index in [4.69, 9.17) is 11.5 Å². The van der Waals surface area contributed by atoms with Gasteiger partial charge in [-0.05, 0) is 76.0 Å². The molecule has 2 saturated carbocycles. The van der Waals surface area contributed by atoms with Gasteiger partial charge in [0.1, 0.15) is 11.0 Å². The first kappa shape index (κ1) is 34.1. The molecule has 6 atom stereocenters. The van der Waals surface area contributed by atoms with Gasteiger partial charge in [-0.25, -0.2) is 0 Å². The Hall–Kier alpha value is -3.82. The lowest BCUT2D eigenvalue weighted by Gasteiger charge is -2.36. The van der Waals surface area contributed by atoms with Gasteiger partial charge < -0.3 is 27.4 Å². The molecule has 45 heavy (non-hydrogen) atoms. The molecule has 0 bridgehead atoms. The van der Waals surface area contributed by atoms with Gasteiger partial charge in [0.05, 0.1) is 6.04 Å². The van der Waals surface area contributed by atoms with Crippen LogP contribution in [0.5, 0.6) is 0 Å². The van der Waals surface area contributed by atoms with Crippen LogP contribution in [0, 0.1) is 12.3 Å². The van der Waals surface area contributed by atoms with Crippen LogP contribution < -0.4 is 27.4 Å². The van der Waals surface area contributed by atoms with Crippen molar-refractivity contribution in [3.8, 4) is 0 Å². The van der Waals surface area contributed by atoms with Gasteiger partial charge in [0.25, 0.3) is 0 Å². The Balaban J connectivity index is 1.57. The summed E-state index contributed by atoms with van der Waals surface area (Å²) in [7, 11) is 0. The SMILES string of the molecule is CC[C@@](C)(NC(=O)C=Cc1ccc(C)cc1)C(=O)N[C@H](Cc1ccccc1)C(=O)[C@@]1(C(=O)N[C@H]2CCCC[C@@H]2N)CC[C@H](N)C1. The summed E-state index contributed by atoms with van der Waals surface area (Å²) in [5, 5.41) is 8.90. The molecule has 0 spiro atoms. The van der Waals surface area contributed by atoms with Gasteiger partial charge in [0.2, 0.25) is 17.7 Å². The molecule has 2 aliphatic carbocycles. The first-order valence-corrected chi connectivity index (χ1v) is 16.2. The van der Waals surface area contributed by atoms with Crippen LogP contribution in [-0.4, -0.2) is 53.2 Å². The van der Waals surface area contributed by atoms with E-state index in [1.807, 2.05) is 61.5 Å². The molecule has 2 aliphatic rings. The number of hydrogen-bond donors (Lipinski definition) is 5. The fraction of sp³-hybridized carbons (Fsp3) is 0.500. The summed E-state index contributed by atoms with van der Waals surface area (Å²) in [6, 6.07) is 15.4. The standard InChI is InChI=1S/C36H49N5O4/c1-4-35(3,41-31(42)19-18-25-16-14-24(2)15-17-25)33(44)40-30(22-26-10-6-5-7-11-26)32(43)36(21-20-27(37)23-36)34(45)39-29-13-9-8-12-28(29)38/h5-7,10-11,14-19,27-30H,4,8-9,12-13,20-23,37-38H2,1-3H3,(H,39,45)(H,40,44)(H,41,42)/t27-,28-,29-,30+,35+,36+/m0/s1. The molecule has 0 saturated heterocycles. The Morgan fingerprint density at radius 1 is 1.00 bits per heavy atom. The Morgan fingerprint density at radius 2 is 1.69 bits per heavy atom. The molecule has 3 amide bonds. The number of Topliss-reactive ketones (excluding diaryl/α,β-unsaturated/α-hetero) is 1. The second kappa shape index (κ2) is 15.0. The van der Waals surface area contributed by atoms with E-state index in [1.54, 1.807) is 19.9 Å². The Kier molecular flexibility index (Phi) is 11.3. The third kappa shape index (κ3) is 8.47. The van der Waals surface area contributed by atoms with Crippen molar-refractivity contribution in [3.63, 3.8) is 0 Å². The van der Waals surface area contributed by atoms with Crippen LogP contribution >= 0.6 is 0 Å². The molecule has 9 heteroatoms. The van der Waals surface area contributed by atoms with Gasteiger partial charge in [-0.2, -0.15) is 0 Å². The van der Waals surface area contributed by atoms with Crippen molar-refractivity contribution in [1.82, 2.24) is 16.0 Å². The second-order valence-electron chi connectivity index (χ2n) is 13.1. The van der Waals surface area contributed by atoms with E-state index in [0.717, 1.165) is 42.4 Å². The normalized spacial score (nSPS) is 25.2. The maximum absolute atomic E-state index is 14.6. The monoisotopic (exact) mass is 615 g/mol. The van der Waals surface area contributed by atoms with E-state index >= 15 is 0 Å². The summed E-state index contributed by atoms with van der Waals surface area (Å²) >= 11 is 0. The van der Waals surface area contributed by atoms with Crippen LogP contribution in [0.1, 0.15) is 81.9 Å². The Morgan fingerprint density at radius 3 is 2.31 bits per heavy atom. The van der Waals surface area contributed by atoms with Gasteiger partial charge in [-0.15, -0.1) is 0 Å². The van der Waals surface area contributed by atoms with Crippen LogP contribution in [0.2, 0.25) is 0 Å². The fourth-order valence-corrected chi connectivity index (χ4v) is 6.45. The number of amides is 3. The Labute approximate surface area is 267 Å². The largest absolute Gasteiger partial charge is 0.351 e. The van der Waals surface area contributed by atoms with Crippen LogP contribution in [0.4, 0.5) is 0 Å². The lowest BCUT2D eigenvalue weighted by atomic mass is 9.75. The van der Waals surface area contributed by atoms with Gasteiger partial charge in [-0.3, -0.25) is 19.2 Å². The van der Waals surface area contributed by atoms with Crippen molar-refractivity contribution in [2.45, 2.75) is 108 Å². The van der Waals surface area contributed by atoms with Gasteiger partial charge in [0.15, 0.2) is 5.78 Å². The predicted molar refractivity (Wildman–Crippen MR) is 177 cm³/mol. The summed E-state index contributed by atoms with van der Waals surface area (Å²) in [5.74, 6) is -1.65. The summed E-state index contributed by atoms with van der Waals surface area (Å²) in [6.45, 7) is 5.43. The zero-order chi connectivity index (χ0) is 32.6. The number of aryl methyl sites for hydroxylation is 1. The highest BCUT2D eigenvalue weighted by atomic mass is 16.2. The molecular weight excluding hydrogens is 566 g/mol. The summed E-state index contributed by atoms with van der Waals surface area (Å²) in [5.41, 5.74) is 12.8. The number of benzene rings is 2. The summed E-state index contributed by atoms with van der Waals surface area (Å²) < 4.78 is 0. The fourth-order valence-electron chi connectivity index (χ4n) is 6.45. The summed E-state index contributed by atoms with van der Waals surface area (Å²) in [6.07, 6.45) is 8.15. The molecule has 0 unspecified atom stereocenters. The first-order valence-electron chi connectivity index (χ1n) is 16.2. The molecule has 0 heterocycles. The number of carbonyl (C=O) groups excluding carboxylic acids is 4. The van der Waals surface area contributed by atoms with E-state index < -0.39 is 28.8 Å². The van der Waals surface area contributed by atoms with E-state index in [0.29, 0.717) is 12.8 Å². The highest BCUT2D eigenvalue weighted by Crippen LogP contribution is 2.40. The minimum atomic E-state index is -1.38. The third-order valence-electron chi connectivity index (χ3n) is 9.61. The molecule has 2 aromatic carbocycles. The third-order valence-corrected chi connectivity index (χ3v) is 9.61. The van der Waals surface area contributed by atoms with Crippen LogP contribution in [0.15, 0.2) is 60.7 Å². The van der Waals surface area contributed by atoms with Gasteiger partial charge in [-0.1, -0.05) is 79.9 Å². The molecule has 242 valence electrons. The van der Waals surface area contributed by atoms with Gasteiger partial charge >= 0.3 is 0 Å². The minimum Gasteiger partial charge on any atom is -0.351 e. The van der Waals surface area contributed by atoms with E-state index in [1.165, 1.54) is 6.08 Å². The zero-order valence-electron chi connectivity index (χ0n) is 26.8. The molecule has 0 aliphatic heterocycles. The molecule has 0 radical (unpaired) electrons. The van der Waals surface area contributed by atoms with Crippen molar-refractivity contribution < 1.29 is 19.2 Å². The van der Waals surface area contributed by atoms with Gasteiger partial charge in [0, 0.05) is 24.2 Å². The number of ketones is 1. The van der Waals surface area contributed by atoms with Crippen LogP contribution in [0.3, 0.4) is 0 Å². The highest BCUT2D eigenvalue weighted by molar-refractivity contribution is 6.10. The van der Waals surface area contributed by atoms with Crippen molar-refractivity contribution in [1.29, 1.82) is 0 Å².